The summed E-state index contributed by atoms with van der Waals surface area (Å²) in [6, 6.07) is 8.35. The number of pyridine rings is 1. The highest BCUT2D eigenvalue weighted by atomic mass is 35.5. The quantitative estimate of drug-likeness (QED) is 0.750. The molecule has 0 radical (unpaired) electrons. The molecule has 2 aliphatic heterocycles. The van der Waals surface area contributed by atoms with Crippen molar-refractivity contribution in [1.82, 2.24) is 9.88 Å². The standard InChI is InChI=1S/C21H21ClFN3O3/c1-2-13-3-5-14(6-4-13)9-25-18(27)10-26(20-17(23)7-16(22)8-24-20)21(28)19(25)15-11-29-12-15/h3-8,15,19H,2,9-12H2,1H3. The van der Waals surface area contributed by atoms with Gasteiger partial charge in [-0.2, -0.15) is 0 Å². The van der Waals surface area contributed by atoms with E-state index in [1.54, 1.807) is 4.90 Å². The zero-order valence-electron chi connectivity index (χ0n) is 16.0. The van der Waals surface area contributed by atoms with E-state index < -0.39 is 11.9 Å². The summed E-state index contributed by atoms with van der Waals surface area (Å²) in [5.74, 6) is -1.63. The molecular formula is C21H21ClFN3O3. The summed E-state index contributed by atoms with van der Waals surface area (Å²) in [6.45, 7) is 2.91. The van der Waals surface area contributed by atoms with E-state index in [0.29, 0.717) is 19.8 Å². The van der Waals surface area contributed by atoms with Gasteiger partial charge in [0.1, 0.15) is 12.6 Å². The molecular weight excluding hydrogens is 397 g/mol. The molecule has 1 aromatic heterocycles. The Morgan fingerprint density at radius 1 is 1.21 bits per heavy atom. The number of carbonyl (C=O) groups is 2. The number of aromatic nitrogens is 1. The maximum atomic E-state index is 14.4. The number of carbonyl (C=O) groups excluding carboxylic acids is 2. The van der Waals surface area contributed by atoms with Gasteiger partial charge in [-0.15, -0.1) is 0 Å². The van der Waals surface area contributed by atoms with E-state index in [0.717, 1.165) is 23.0 Å². The predicted octanol–water partition coefficient (Wildman–Crippen LogP) is 2.83. The number of amides is 2. The molecule has 2 amide bonds. The molecule has 152 valence electrons. The number of rotatable bonds is 5. The van der Waals surface area contributed by atoms with Crippen LogP contribution in [0.1, 0.15) is 18.1 Å². The highest BCUT2D eigenvalue weighted by Gasteiger charge is 2.47. The largest absolute Gasteiger partial charge is 0.380 e. The van der Waals surface area contributed by atoms with Gasteiger partial charge < -0.3 is 9.64 Å². The maximum absolute atomic E-state index is 14.4. The lowest BCUT2D eigenvalue weighted by Gasteiger charge is -2.45. The normalized spacial score (nSPS) is 20.2. The summed E-state index contributed by atoms with van der Waals surface area (Å²) in [5.41, 5.74) is 2.15. The Hall–Kier alpha value is -2.51. The van der Waals surface area contributed by atoms with Crippen LogP contribution in [0.25, 0.3) is 0 Å². The first-order valence-corrected chi connectivity index (χ1v) is 9.93. The molecule has 0 saturated carbocycles. The molecule has 29 heavy (non-hydrogen) atoms. The van der Waals surface area contributed by atoms with Crippen molar-refractivity contribution in [3.05, 3.63) is 58.5 Å². The third-order valence-corrected chi connectivity index (χ3v) is 5.61. The van der Waals surface area contributed by atoms with Crippen LogP contribution < -0.4 is 4.90 Å². The summed E-state index contributed by atoms with van der Waals surface area (Å²) < 4.78 is 19.6. The van der Waals surface area contributed by atoms with Crippen LogP contribution in [0, 0.1) is 11.7 Å². The van der Waals surface area contributed by atoms with Gasteiger partial charge >= 0.3 is 0 Å². The summed E-state index contributed by atoms with van der Waals surface area (Å²) in [5, 5.41) is 0.128. The van der Waals surface area contributed by atoms with E-state index in [9.17, 15) is 14.0 Å². The van der Waals surface area contributed by atoms with Gasteiger partial charge in [0.15, 0.2) is 11.6 Å². The Labute approximate surface area is 173 Å². The monoisotopic (exact) mass is 417 g/mol. The SMILES string of the molecule is CCc1ccc(CN2C(=O)CN(c3ncc(Cl)cc3F)C(=O)C2C2COC2)cc1. The van der Waals surface area contributed by atoms with Gasteiger partial charge in [0.25, 0.3) is 5.91 Å². The number of aryl methyl sites for hydroxylation is 1. The zero-order chi connectivity index (χ0) is 20.5. The Morgan fingerprint density at radius 3 is 2.48 bits per heavy atom. The Morgan fingerprint density at radius 2 is 1.90 bits per heavy atom. The zero-order valence-corrected chi connectivity index (χ0v) is 16.7. The van der Waals surface area contributed by atoms with Gasteiger partial charge in [0.2, 0.25) is 5.91 Å². The molecule has 8 heteroatoms. The van der Waals surface area contributed by atoms with Gasteiger partial charge in [-0.1, -0.05) is 42.8 Å². The second kappa shape index (κ2) is 8.08. The number of nitrogens with zero attached hydrogens (tertiary/aromatic N) is 3. The predicted molar refractivity (Wildman–Crippen MR) is 106 cm³/mol. The molecule has 3 heterocycles. The summed E-state index contributed by atoms with van der Waals surface area (Å²) in [6.07, 6.45) is 2.19. The minimum atomic E-state index is -0.731. The van der Waals surface area contributed by atoms with E-state index in [1.807, 2.05) is 24.3 Å². The van der Waals surface area contributed by atoms with Crippen molar-refractivity contribution in [2.24, 2.45) is 5.92 Å². The van der Waals surface area contributed by atoms with Gasteiger partial charge in [-0.3, -0.25) is 14.5 Å². The second-order valence-electron chi connectivity index (χ2n) is 7.32. The first-order chi connectivity index (χ1) is 14.0. The molecule has 0 N–H and O–H groups in total. The average Bonchev–Trinajstić information content (AvgIpc) is 2.66. The van der Waals surface area contributed by atoms with E-state index in [-0.39, 0.29) is 35.1 Å². The number of hydrogen-bond acceptors (Lipinski definition) is 4. The van der Waals surface area contributed by atoms with Crippen LogP contribution in [0.2, 0.25) is 5.02 Å². The number of halogens is 2. The lowest BCUT2D eigenvalue weighted by Crippen LogP contribution is -2.65. The molecule has 0 aliphatic carbocycles. The van der Waals surface area contributed by atoms with Crippen LogP contribution in [0.4, 0.5) is 10.2 Å². The van der Waals surface area contributed by atoms with Crippen molar-refractivity contribution < 1.29 is 18.7 Å². The van der Waals surface area contributed by atoms with Gasteiger partial charge in [0, 0.05) is 18.7 Å². The fraction of sp³-hybridized carbons (Fsp3) is 0.381. The molecule has 4 rings (SSSR count). The third-order valence-electron chi connectivity index (χ3n) is 5.41. The fourth-order valence-electron chi connectivity index (χ4n) is 3.69. The van der Waals surface area contributed by atoms with Crippen molar-refractivity contribution in [3.63, 3.8) is 0 Å². The minimum absolute atomic E-state index is 0.125. The maximum Gasteiger partial charge on any atom is 0.251 e. The number of benzene rings is 1. The van der Waals surface area contributed by atoms with E-state index >= 15 is 0 Å². The molecule has 1 atom stereocenters. The summed E-state index contributed by atoms with van der Waals surface area (Å²) >= 11 is 5.77. The summed E-state index contributed by atoms with van der Waals surface area (Å²) in [7, 11) is 0. The van der Waals surface area contributed by atoms with Crippen LogP contribution in [0.15, 0.2) is 36.5 Å². The first-order valence-electron chi connectivity index (χ1n) is 9.55. The average molecular weight is 418 g/mol. The van der Waals surface area contributed by atoms with Crippen LogP contribution in [0.5, 0.6) is 0 Å². The molecule has 6 nitrogen and oxygen atoms in total. The highest BCUT2D eigenvalue weighted by Crippen LogP contribution is 2.30. The van der Waals surface area contributed by atoms with Crippen LogP contribution in [0.3, 0.4) is 0 Å². The first kappa shape index (κ1) is 19.8. The highest BCUT2D eigenvalue weighted by molar-refractivity contribution is 6.30. The van der Waals surface area contributed by atoms with E-state index in [4.69, 9.17) is 16.3 Å². The number of hydrogen-bond donors (Lipinski definition) is 0. The van der Waals surface area contributed by atoms with Gasteiger partial charge in [0.05, 0.1) is 18.2 Å². The van der Waals surface area contributed by atoms with Crippen LogP contribution in [-0.4, -0.2) is 47.5 Å². The number of piperazine rings is 1. The molecule has 0 spiro atoms. The van der Waals surface area contributed by atoms with Crippen molar-refractivity contribution in [2.45, 2.75) is 25.9 Å². The smallest absolute Gasteiger partial charge is 0.251 e. The van der Waals surface area contributed by atoms with E-state index in [1.165, 1.54) is 11.8 Å². The topological polar surface area (TPSA) is 62.7 Å². The fourth-order valence-corrected chi connectivity index (χ4v) is 3.84. The van der Waals surface area contributed by atoms with Crippen molar-refractivity contribution in [2.75, 3.05) is 24.7 Å². The number of ether oxygens (including phenoxy) is 1. The molecule has 1 aromatic carbocycles. The molecule has 1 unspecified atom stereocenters. The second-order valence-corrected chi connectivity index (χ2v) is 7.75. The van der Waals surface area contributed by atoms with Crippen molar-refractivity contribution >= 4 is 29.2 Å². The van der Waals surface area contributed by atoms with Crippen LogP contribution in [-0.2, 0) is 27.3 Å². The number of anilines is 1. The third kappa shape index (κ3) is 3.84. The lowest BCUT2D eigenvalue weighted by atomic mass is 9.92. The molecule has 2 aromatic rings. The van der Waals surface area contributed by atoms with E-state index in [2.05, 4.69) is 11.9 Å². The molecule has 2 saturated heterocycles. The Balaban J connectivity index is 1.63. The molecule has 0 bridgehead atoms. The lowest BCUT2D eigenvalue weighted by molar-refractivity contribution is -0.155. The van der Waals surface area contributed by atoms with Crippen LogP contribution >= 0.6 is 11.6 Å². The molecule has 2 aliphatic rings. The van der Waals surface area contributed by atoms with Gasteiger partial charge in [-0.05, 0) is 23.6 Å². The summed E-state index contributed by atoms with van der Waals surface area (Å²) in [4.78, 5) is 32.9. The van der Waals surface area contributed by atoms with Crippen molar-refractivity contribution in [1.29, 1.82) is 0 Å². The van der Waals surface area contributed by atoms with Crippen molar-refractivity contribution in [3.8, 4) is 0 Å². The minimum Gasteiger partial charge on any atom is -0.380 e. The van der Waals surface area contributed by atoms with Gasteiger partial charge in [-0.25, -0.2) is 9.37 Å². The molecule has 2 fully saturated rings. The Kier molecular flexibility index (Phi) is 5.52. The Bertz CT molecular complexity index is 933.